The van der Waals surface area contributed by atoms with Crippen LogP contribution in [-0.4, -0.2) is 40.6 Å². The Morgan fingerprint density at radius 3 is 1.69 bits per heavy atom. The van der Waals surface area contributed by atoms with Gasteiger partial charge in [0.25, 0.3) is 0 Å². The molecule has 196 valence electrons. The average molecular weight is 515 g/mol. The first-order chi connectivity index (χ1) is 16.9. The van der Waals surface area contributed by atoms with E-state index < -0.39 is 26.4 Å². The smallest absolute Gasteiger partial charge is 0.334 e. The molecule has 0 fully saturated rings. The van der Waals surface area contributed by atoms with Crippen LogP contribution < -0.4 is 9.47 Å². The van der Waals surface area contributed by atoms with Crippen molar-refractivity contribution in [1.82, 2.24) is 0 Å². The first kappa shape index (κ1) is 29.1. The molecular weight excluding hydrogens is 476 g/mol. The molecule has 36 heavy (non-hydrogen) atoms. The lowest BCUT2D eigenvalue weighted by atomic mass is 10.1. The maximum absolute atomic E-state index is 13.1. The molecule has 0 saturated heterocycles. The second-order valence-electron chi connectivity index (χ2n) is 10.1. The Kier molecular flexibility index (Phi) is 10.3. The molecule has 0 aliphatic carbocycles. The van der Waals surface area contributed by atoms with Gasteiger partial charge in [-0.05, 0) is 53.5 Å². The molecule has 7 nitrogen and oxygen atoms in total. The quantitative estimate of drug-likeness (QED) is 0.200. The highest BCUT2D eigenvalue weighted by Gasteiger charge is 2.41. The molecule has 0 heterocycles. The van der Waals surface area contributed by atoms with Crippen molar-refractivity contribution < 1.29 is 33.0 Å². The molecular formula is C28H38O7Si. The van der Waals surface area contributed by atoms with Crippen LogP contribution in [-0.2, 0) is 36.7 Å². The van der Waals surface area contributed by atoms with Crippen LogP contribution in [0.4, 0.5) is 0 Å². The summed E-state index contributed by atoms with van der Waals surface area (Å²) < 4.78 is 27.6. The number of methoxy groups -OCH3 is 2. The normalized spacial score (nSPS) is 12.4. The largest absolute Gasteiger partial charge is 0.497 e. The van der Waals surface area contributed by atoms with E-state index in [1.807, 2.05) is 37.4 Å². The van der Waals surface area contributed by atoms with E-state index in [-0.39, 0.29) is 30.2 Å². The van der Waals surface area contributed by atoms with Crippen molar-refractivity contribution in [3.63, 3.8) is 0 Å². The third-order valence-electron chi connectivity index (χ3n) is 6.30. The van der Waals surface area contributed by atoms with E-state index in [2.05, 4.69) is 27.4 Å². The van der Waals surface area contributed by atoms with Crippen LogP contribution >= 0.6 is 0 Å². The third-order valence-corrected chi connectivity index (χ3v) is 10.8. The molecule has 0 radical (unpaired) electrons. The van der Waals surface area contributed by atoms with Crippen molar-refractivity contribution in [2.75, 3.05) is 14.2 Å². The molecule has 0 aromatic heterocycles. The minimum Gasteiger partial charge on any atom is -0.497 e. The fraction of sp³-hybridized carbons (Fsp3) is 0.429. The van der Waals surface area contributed by atoms with Crippen molar-refractivity contribution in [2.24, 2.45) is 0 Å². The van der Waals surface area contributed by atoms with Crippen LogP contribution in [0.2, 0.25) is 18.1 Å². The van der Waals surface area contributed by atoms with Crippen molar-refractivity contribution in [2.45, 2.75) is 64.6 Å². The van der Waals surface area contributed by atoms with Gasteiger partial charge in [-0.3, -0.25) is 0 Å². The molecule has 0 aliphatic heterocycles. The van der Waals surface area contributed by atoms with E-state index in [1.165, 1.54) is 0 Å². The van der Waals surface area contributed by atoms with E-state index in [0.29, 0.717) is 11.5 Å². The topological polar surface area (TPSA) is 80.3 Å². The number of carbonyl (C=O) groups excluding carboxylic acids is 2. The van der Waals surface area contributed by atoms with Gasteiger partial charge in [-0.15, -0.1) is 0 Å². The summed E-state index contributed by atoms with van der Waals surface area (Å²) in [6.45, 7) is 14.4. The number of ether oxygens (including phenoxy) is 4. The predicted octanol–water partition coefficient (Wildman–Crippen LogP) is 5.83. The van der Waals surface area contributed by atoms with Gasteiger partial charge in [0.2, 0.25) is 0 Å². The summed E-state index contributed by atoms with van der Waals surface area (Å²) >= 11 is 0. The second-order valence-corrected chi connectivity index (χ2v) is 14.8. The molecule has 1 atom stereocenters. The number of hydrogen-bond acceptors (Lipinski definition) is 7. The summed E-state index contributed by atoms with van der Waals surface area (Å²) in [6, 6.07) is 14.5. The number of esters is 2. The Labute approximate surface area is 215 Å². The monoisotopic (exact) mass is 514 g/mol. The number of hydrogen-bond donors (Lipinski definition) is 0. The first-order valence-electron chi connectivity index (χ1n) is 11.8. The van der Waals surface area contributed by atoms with Crippen LogP contribution in [0.25, 0.3) is 0 Å². The highest BCUT2D eigenvalue weighted by Crippen LogP contribution is 2.38. The Morgan fingerprint density at radius 1 is 0.833 bits per heavy atom. The standard InChI is InChI=1S/C28H38O7Si/c1-20(26(29)33-18-21-9-13-23(31-5)14-10-21)17-25(35-36(7,8)28(2,3)4)27(30)34-19-22-11-15-24(32-6)16-12-22/h9-16,25H,1,17-19H2,2-8H3/t25-/m0/s1. The van der Waals surface area contributed by atoms with Gasteiger partial charge in [0.15, 0.2) is 8.32 Å². The molecule has 0 unspecified atom stereocenters. The number of benzene rings is 2. The Balaban J connectivity index is 2.06. The fourth-order valence-electron chi connectivity index (χ4n) is 2.95. The van der Waals surface area contributed by atoms with E-state index in [0.717, 1.165) is 11.1 Å². The van der Waals surface area contributed by atoms with Crippen LogP contribution in [0.5, 0.6) is 11.5 Å². The van der Waals surface area contributed by atoms with Gasteiger partial charge in [-0.1, -0.05) is 51.6 Å². The van der Waals surface area contributed by atoms with Crippen molar-refractivity contribution in [1.29, 1.82) is 0 Å². The second kappa shape index (κ2) is 12.7. The van der Waals surface area contributed by atoms with E-state index >= 15 is 0 Å². The number of rotatable bonds is 12. The number of carbonyl (C=O) groups is 2. The third kappa shape index (κ3) is 8.53. The summed E-state index contributed by atoms with van der Waals surface area (Å²) in [5.74, 6) is 0.305. The molecule has 0 amide bonds. The maximum Gasteiger partial charge on any atom is 0.334 e. The summed E-state index contributed by atoms with van der Waals surface area (Å²) in [7, 11) is 0.821. The summed E-state index contributed by atoms with van der Waals surface area (Å²) in [6.07, 6.45) is -0.986. The molecule has 2 rings (SSSR count). The molecule has 0 aliphatic rings. The van der Waals surface area contributed by atoms with Gasteiger partial charge in [0, 0.05) is 12.0 Å². The van der Waals surface area contributed by atoms with Crippen LogP contribution in [0.15, 0.2) is 60.7 Å². The lowest BCUT2D eigenvalue weighted by Crippen LogP contribution is -2.46. The van der Waals surface area contributed by atoms with Gasteiger partial charge in [-0.25, -0.2) is 9.59 Å². The first-order valence-corrected chi connectivity index (χ1v) is 14.7. The Morgan fingerprint density at radius 2 is 1.28 bits per heavy atom. The minimum absolute atomic E-state index is 0.0185. The lowest BCUT2D eigenvalue weighted by molar-refractivity contribution is -0.154. The van der Waals surface area contributed by atoms with Crippen molar-refractivity contribution >= 4 is 20.3 Å². The SMILES string of the molecule is C=C(C[C@H](O[Si](C)(C)C(C)(C)C)C(=O)OCc1ccc(OC)cc1)C(=O)OCc1ccc(OC)cc1. The average Bonchev–Trinajstić information content (AvgIpc) is 2.85. The summed E-state index contributed by atoms with van der Waals surface area (Å²) in [5.41, 5.74) is 1.77. The summed E-state index contributed by atoms with van der Waals surface area (Å²) in [5, 5.41) is -0.141. The van der Waals surface area contributed by atoms with Gasteiger partial charge >= 0.3 is 11.9 Å². The molecule has 0 bridgehead atoms. The van der Waals surface area contributed by atoms with Crippen LogP contribution in [0.1, 0.15) is 38.3 Å². The fourth-order valence-corrected chi connectivity index (χ4v) is 4.20. The van der Waals surface area contributed by atoms with Gasteiger partial charge < -0.3 is 23.4 Å². The predicted molar refractivity (Wildman–Crippen MR) is 141 cm³/mol. The Bertz CT molecular complexity index is 1020. The van der Waals surface area contributed by atoms with E-state index in [1.54, 1.807) is 38.5 Å². The zero-order chi connectivity index (χ0) is 26.9. The molecule has 2 aromatic carbocycles. The van der Waals surface area contributed by atoms with Gasteiger partial charge in [0.05, 0.1) is 14.2 Å². The molecule has 0 N–H and O–H groups in total. The molecule has 0 spiro atoms. The van der Waals surface area contributed by atoms with E-state index in [4.69, 9.17) is 23.4 Å². The lowest BCUT2D eigenvalue weighted by Gasteiger charge is -2.38. The van der Waals surface area contributed by atoms with Crippen molar-refractivity contribution in [3.05, 3.63) is 71.8 Å². The highest BCUT2D eigenvalue weighted by molar-refractivity contribution is 6.74. The highest BCUT2D eigenvalue weighted by atomic mass is 28.4. The zero-order valence-electron chi connectivity index (χ0n) is 22.4. The molecule has 8 heteroatoms. The zero-order valence-corrected chi connectivity index (χ0v) is 23.4. The molecule has 2 aromatic rings. The maximum atomic E-state index is 13.1. The van der Waals surface area contributed by atoms with Crippen LogP contribution in [0.3, 0.4) is 0 Å². The van der Waals surface area contributed by atoms with Crippen molar-refractivity contribution in [3.8, 4) is 11.5 Å². The molecule has 0 saturated carbocycles. The van der Waals surface area contributed by atoms with E-state index in [9.17, 15) is 9.59 Å². The minimum atomic E-state index is -2.36. The van der Waals surface area contributed by atoms with Gasteiger partial charge in [0.1, 0.15) is 30.8 Å². The Hall–Kier alpha value is -3.10. The van der Waals surface area contributed by atoms with Crippen LogP contribution in [0, 0.1) is 0 Å². The summed E-state index contributed by atoms with van der Waals surface area (Å²) in [4.78, 5) is 25.7. The van der Waals surface area contributed by atoms with Gasteiger partial charge in [-0.2, -0.15) is 0 Å².